The molecule has 0 radical (unpaired) electrons. The van der Waals surface area contributed by atoms with E-state index in [1.807, 2.05) is 6.07 Å². The maximum absolute atomic E-state index is 8.91. The number of hydrogen-bond acceptors (Lipinski definition) is 2. The molecule has 0 unspecified atom stereocenters. The van der Waals surface area contributed by atoms with Gasteiger partial charge in [0.2, 0.25) is 0 Å². The van der Waals surface area contributed by atoms with Gasteiger partial charge in [0.25, 0.3) is 0 Å². The predicted molar refractivity (Wildman–Crippen MR) is 53.5 cm³/mol. The summed E-state index contributed by atoms with van der Waals surface area (Å²) < 4.78 is 0. The minimum absolute atomic E-state index is 0.141. The van der Waals surface area contributed by atoms with Crippen molar-refractivity contribution in [2.24, 2.45) is 0 Å². The Balaban J connectivity index is 3.02. The van der Waals surface area contributed by atoms with E-state index in [4.69, 9.17) is 5.11 Å². The van der Waals surface area contributed by atoms with Crippen molar-refractivity contribution < 1.29 is 5.11 Å². The van der Waals surface area contributed by atoms with Crippen LogP contribution in [0.25, 0.3) is 0 Å². The van der Waals surface area contributed by atoms with Crippen molar-refractivity contribution in [1.29, 1.82) is 0 Å². The van der Waals surface area contributed by atoms with Crippen LogP contribution < -0.4 is 0 Å². The lowest BCUT2D eigenvalue weighted by Gasteiger charge is -2.06. The number of thioether (sulfide) groups is 1. The zero-order valence-electron chi connectivity index (χ0n) is 7.50. The molecule has 1 nitrogen and oxygen atoms in total. The quantitative estimate of drug-likeness (QED) is 0.725. The van der Waals surface area contributed by atoms with Crippen LogP contribution >= 0.6 is 11.8 Å². The van der Waals surface area contributed by atoms with Crippen LogP contribution in [0, 0.1) is 0 Å². The highest BCUT2D eigenvalue weighted by atomic mass is 32.2. The van der Waals surface area contributed by atoms with Crippen LogP contribution in [0.1, 0.15) is 18.1 Å². The first kappa shape index (κ1) is 9.62. The third kappa shape index (κ3) is 2.02. The van der Waals surface area contributed by atoms with Gasteiger partial charge in [0.15, 0.2) is 0 Å². The van der Waals surface area contributed by atoms with E-state index in [0.717, 1.165) is 12.0 Å². The first-order chi connectivity index (χ1) is 5.81. The van der Waals surface area contributed by atoms with E-state index < -0.39 is 0 Å². The average molecular weight is 182 g/mol. The van der Waals surface area contributed by atoms with Crippen molar-refractivity contribution in [2.75, 3.05) is 6.26 Å². The molecule has 1 N–H and O–H groups in total. The van der Waals surface area contributed by atoms with E-state index >= 15 is 0 Å². The highest BCUT2D eigenvalue weighted by Gasteiger charge is 1.99. The highest BCUT2D eigenvalue weighted by Crippen LogP contribution is 2.21. The molecule has 2 heteroatoms. The minimum atomic E-state index is 0.141. The molecule has 0 heterocycles. The maximum Gasteiger partial charge on any atom is 0.0681 e. The summed E-state index contributed by atoms with van der Waals surface area (Å²) in [6.45, 7) is 2.28. The van der Waals surface area contributed by atoms with Gasteiger partial charge in [-0.15, -0.1) is 11.8 Å². The molecule has 0 bridgehead atoms. The SMILES string of the molecule is CCc1cc(CO)ccc1SC. The van der Waals surface area contributed by atoms with Crippen LogP contribution in [-0.4, -0.2) is 11.4 Å². The van der Waals surface area contributed by atoms with Gasteiger partial charge in [-0.2, -0.15) is 0 Å². The van der Waals surface area contributed by atoms with Crippen LogP contribution in [0.4, 0.5) is 0 Å². The number of aliphatic hydroxyl groups is 1. The standard InChI is InChI=1S/C10H14OS/c1-3-9-6-8(7-11)4-5-10(9)12-2/h4-6,11H,3,7H2,1-2H3. The molecule has 0 aliphatic heterocycles. The van der Waals surface area contributed by atoms with Gasteiger partial charge < -0.3 is 5.11 Å². The van der Waals surface area contributed by atoms with Crippen molar-refractivity contribution in [1.82, 2.24) is 0 Å². The number of hydrogen-bond donors (Lipinski definition) is 1. The van der Waals surface area contributed by atoms with Gasteiger partial charge in [-0.3, -0.25) is 0 Å². The van der Waals surface area contributed by atoms with E-state index in [1.54, 1.807) is 11.8 Å². The zero-order chi connectivity index (χ0) is 8.97. The van der Waals surface area contributed by atoms with Crippen LogP contribution in [0.2, 0.25) is 0 Å². The van der Waals surface area contributed by atoms with E-state index in [2.05, 4.69) is 25.3 Å². The topological polar surface area (TPSA) is 20.2 Å². The Kier molecular flexibility index (Phi) is 3.63. The lowest BCUT2D eigenvalue weighted by atomic mass is 10.1. The number of aryl methyl sites for hydroxylation is 1. The fourth-order valence-electron chi connectivity index (χ4n) is 1.21. The van der Waals surface area contributed by atoms with Crippen LogP contribution in [-0.2, 0) is 13.0 Å². The van der Waals surface area contributed by atoms with Gasteiger partial charge in [-0.25, -0.2) is 0 Å². The summed E-state index contributed by atoms with van der Waals surface area (Å²) in [5.41, 5.74) is 2.33. The molecule has 0 saturated heterocycles. The molecule has 0 atom stereocenters. The number of rotatable bonds is 3. The van der Waals surface area contributed by atoms with Crippen molar-refractivity contribution in [3.63, 3.8) is 0 Å². The van der Waals surface area contributed by atoms with E-state index in [-0.39, 0.29) is 6.61 Å². The summed E-state index contributed by atoms with van der Waals surface area (Å²) in [5, 5.41) is 8.91. The molecule has 0 aliphatic carbocycles. The smallest absolute Gasteiger partial charge is 0.0681 e. The van der Waals surface area contributed by atoms with Gasteiger partial charge in [-0.05, 0) is 29.9 Å². The van der Waals surface area contributed by atoms with Crippen LogP contribution in [0.15, 0.2) is 23.1 Å². The monoisotopic (exact) mass is 182 g/mol. The summed E-state index contributed by atoms with van der Waals surface area (Å²) >= 11 is 1.76. The summed E-state index contributed by atoms with van der Waals surface area (Å²) in [6, 6.07) is 6.13. The molecular weight excluding hydrogens is 168 g/mol. The molecule has 0 fully saturated rings. The molecule has 0 aliphatic rings. The molecule has 66 valence electrons. The third-order valence-corrected chi connectivity index (χ3v) is 2.75. The largest absolute Gasteiger partial charge is 0.392 e. The number of benzene rings is 1. The van der Waals surface area contributed by atoms with Crippen LogP contribution in [0.5, 0.6) is 0 Å². The molecule has 0 saturated carbocycles. The van der Waals surface area contributed by atoms with Gasteiger partial charge in [0.05, 0.1) is 6.61 Å². The third-order valence-electron chi connectivity index (χ3n) is 1.91. The van der Waals surface area contributed by atoms with E-state index in [0.29, 0.717) is 0 Å². The Labute approximate surface area is 77.8 Å². The lowest BCUT2D eigenvalue weighted by Crippen LogP contribution is -1.89. The first-order valence-electron chi connectivity index (χ1n) is 4.08. The Bertz CT molecular complexity index is 258. The Morgan fingerprint density at radius 2 is 2.17 bits per heavy atom. The predicted octanol–water partition coefficient (Wildman–Crippen LogP) is 2.46. The molecule has 0 spiro atoms. The first-order valence-corrected chi connectivity index (χ1v) is 5.31. The van der Waals surface area contributed by atoms with Crippen molar-refractivity contribution in [3.8, 4) is 0 Å². The zero-order valence-corrected chi connectivity index (χ0v) is 8.32. The second-order valence-electron chi connectivity index (χ2n) is 2.66. The Morgan fingerprint density at radius 3 is 2.67 bits per heavy atom. The maximum atomic E-state index is 8.91. The van der Waals surface area contributed by atoms with E-state index in [1.165, 1.54) is 10.5 Å². The fourth-order valence-corrected chi connectivity index (χ4v) is 1.88. The van der Waals surface area contributed by atoms with Gasteiger partial charge in [0.1, 0.15) is 0 Å². The Hall–Kier alpha value is -0.470. The average Bonchev–Trinajstić information content (AvgIpc) is 2.16. The normalized spacial score (nSPS) is 10.2. The van der Waals surface area contributed by atoms with Crippen molar-refractivity contribution >= 4 is 11.8 Å². The van der Waals surface area contributed by atoms with Gasteiger partial charge in [-0.1, -0.05) is 19.1 Å². The summed E-state index contributed by atoms with van der Waals surface area (Å²) in [7, 11) is 0. The molecule has 1 aromatic carbocycles. The minimum Gasteiger partial charge on any atom is -0.392 e. The summed E-state index contributed by atoms with van der Waals surface area (Å²) in [5.74, 6) is 0. The second-order valence-corrected chi connectivity index (χ2v) is 3.51. The highest BCUT2D eigenvalue weighted by molar-refractivity contribution is 7.98. The summed E-state index contributed by atoms with van der Waals surface area (Å²) in [6.07, 6.45) is 3.11. The molecule has 12 heavy (non-hydrogen) atoms. The van der Waals surface area contributed by atoms with Gasteiger partial charge >= 0.3 is 0 Å². The Morgan fingerprint density at radius 1 is 1.42 bits per heavy atom. The molecule has 1 rings (SSSR count). The molecule has 0 aromatic heterocycles. The van der Waals surface area contributed by atoms with Crippen LogP contribution in [0.3, 0.4) is 0 Å². The van der Waals surface area contributed by atoms with Crippen molar-refractivity contribution in [2.45, 2.75) is 24.8 Å². The van der Waals surface area contributed by atoms with Crippen molar-refractivity contribution in [3.05, 3.63) is 29.3 Å². The number of aliphatic hydroxyl groups excluding tert-OH is 1. The second kappa shape index (κ2) is 4.53. The lowest BCUT2D eigenvalue weighted by molar-refractivity contribution is 0.281. The molecule has 1 aromatic rings. The molecular formula is C10H14OS. The summed E-state index contributed by atoms with van der Waals surface area (Å²) in [4.78, 5) is 1.31. The fraction of sp³-hybridized carbons (Fsp3) is 0.400. The van der Waals surface area contributed by atoms with E-state index in [9.17, 15) is 0 Å². The molecule has 0 amide bonds. The van der Waals surface area contributed by atoms with Gasteiger partial charge in [0, 0.05) is 4.90 Å².